The summed E-state index contributed by atoms with van der Waals surface area (Å²) >= 11 is 0. The van der Waals surface area contributed by atoms with Gasteiger partial charge in [-0.2, -0.15) is 5.10 Å². The number of aryl methyl sites for hydroxylation is 2. The van der Waals surface area contributed by atoms with Crippen molar-refractivity contribution in [2.45, 2.75) is 26.4 Å². The van der Waals surface area contributed by atoms with E-state index in [1.54, 1.807) is 12.3 Å². The number of aromatic nitrogens is 2. The second kappa shape index (κ2) is 5.80. The molecule has 2 rings (SSSR count). The molecule has 0 aliphatic carbocycles. The Labute approximate surface area is 113 Å². The van der Waals surface area contributed by atoms with E-state index in [2.05, 4.69) is 42.5 Å². The highest BCUT2D eigenvalue weighted by atomic mass is 16.1. The standard InChI is InChI=1S/C15H19N3O/c1-11-6-7-12(2)13(9-11)14(16-3)10-18-15(19)5-4-8-17-18/h4-9,14,16H,10H2,1-3H3. The molecule has 1 N–H and O–H groups in total. The molecule has 0 fully saturated rings. The molecule has 0 saturated carbocycles. The molecular formula is C15H19N3O. The Morgan fingerprint density at radius 1 is 1.32 bits per heavy atom. The highest BCUT2D eigenvalue weighted by Crippen LogP contribution is 2.20. The summed E-state index contributed by atoms with van der Waals surface area (Å²) in [6.45, 7) is 4.68. The van der Waals surface area contributed by atoms with Crippen LogP contribution in [-0.2, 0) is 6.54 Å². The molecule has 0 amide bonds. The van der Waals surface area contributed by atoms with Crippen molar-refractivity contribution in [3.05, 3.63) is 63.6 Å². The van der Waals surface area contributed by atoms with Gasteiger partial charge in [-0.15, -0.1) is 0 Å². The van der Waals surface area contributed by atoms with Gasteiger partial charge in [-0.3, -0.25) is 4.79 Å². The van der Waals surface area contributed by atoms with E-state index in [1.165, 1.54) is 27.4 Å². The highest BCUT2D eigenvalue weighted by Gasteiger charge is 2.13. The number of benzene rings is 1. The van der Waals surface area contributed by atoms with Crippen LogP contribution in [0.1, 0.15) is 22.7 Å². The lowest BCUT2D eigenvalue weighted by molar-refractivity contribution is 0.450. The van der Waals surface area contributed by atoms with Crippen molar-refractivity contribution in [1.29, 1.82) is 0 Å². The van der Waals surface area contributed by atoms with Crippen molar-refractivity contribution in [2.75, 3.05) is 7.05 Å². The molecule has 4 heteroatoms. The third-order valence-corrected chi connectivity index (χ3v) is 3.30. The molecule has 1 heterocycles. The van der Waals surface area contributed by atoms with Crippen molar-refractivity contribution < 1.29 is 0 Å². The first-order chi connectivity index (χ1) is 9.11. The predicted molar refractivity (Wildman–Crippen MR) is 76.2 cm³/mol. The fourth-order valence-electron chi connectivity index (χ4n) is 2.18. The molecule has 1 aromatic heterocycles. The Morgan fingerprint density at radius 3 is 2.79 bits per heavy atom. The van der Waals surface area contributed by atoms with Crippen molar-refractivity contribution in [3.8, 4) is 0 Å². The first kappa shape index (κ1) is 13.5. The SMILES string of the molecule is CNC(Cn1ncccc1=O)c1cc(C)ccc1C. The molecule has 4 nitrogen and oxygen atoms in total. The van der Waals surface area contributed by atoms with Crippen LogP contribution in [0.25, 0.3) is 0 Å². The van der Waals surface area contributed by atoms with E-state index in [-0.39, 0.29) is 11.6 Å². The summed E-state index contributed by atoms with van der Waals surface area (Å²) in [5.74, 6) is 0. The van der Waals surface area contributed by atoms with E-state index in [0.717, 1.165) is 0 Å². The molecule has 1 atom stereocenters. The van der Waals surface area contributed by atoms with Crippen LogP contribution in [0.3, 0.4) is 0 Å². The van der Waals surface area contributed by atoms with Crippen LogP contribution in [-0.4, -0.2) is 16.8 Å². The zero-order chi connectivity index (χ0) is 13.8. The van der Waals surface area contributed by atoms with Crippen molar-refractivity contribution in [3.63, 3.8) is 0 Å². The van der Waals surface area contributed by atoms with E-state index >= 15 is 0 Å². The highest BCUT2D eigenvalue weighted by molar-refractivity contribution is 5.32. The number of hydrogen-bond donors (Lipinski definition) is 1. The van der Waals surface area contributed by atoms with E-state index in [4.69, 9.17) is 0 Å². The summed E-state index contributed by atoms with van der Waals surface area (Å²) in [4.78, 5) is 11.7. The van der Waals surface area contributed by atoms with Crippen LogP contribution < -0.4 is 10.9 Å². The molecule has 100 valence electrons. The molecule has 0 aliphatic rings. The molecule has 2 aromatic rings. The van der Waals surface area contributed by atoms with Crippen molar-refractivity contribution in [1.82, 2.24) is 15.1 Å². The minimum Gasteiger partial charge on any atom is -0.311 e. The Balaban J connectivity index is 2.33. The smallest absolute Gasteiger partial charge is 0.266 e. The van der Waals surface area contributed by atoms with Gasteiger partial charge in [0.1, 0.15) is 0 Å². The third kappa shape index (κ3) is 3.09. The van der Waals surface area contributed by atoms with E-state index in [9.17, 15) is 4.79 Å². The van der Waals surface area contributed by atoms with Gasteiger partial charge in [-0.05, 0) is 38.1 Å². The van der Waals surface area contributed by atoms with Crippen LogP contribution in [0.2, 0.25) is 0 Å². The predicted octanol–water partition coefficient (Wildman–Crippen LogP) is 1.82. The van der Waals surface area contributed by atoms with Crippen LogP contribution in [0, 0.1) is 13.8 Å². The minimum atomic E-state index is -0.0759. The van der Waals surface area contributed by atoms with Crippen LogP contribution in [0.5, 0.6) is 0 Å². The molecule has 0 saturated heterocycles. The van der Waals surface area contributed by atoms with Crippen LogP contribution in [0.4, 0.5) is 0 Å². The maximum absolute atomic E-state index is 11.7. The quantitative estimate of drug-likeness (QED) is 0.909. The average Bonchev–Trinajstić information content (AvgIpc) is 2.41. The molecular weight excluding hydrogens is 238 g/mol. The summed E-state index contributed by atoms with van der Waals surface area (Å²) in [6.07, 6.45) is 1.64. The van der Waals surface area contributed by atoms with Gasteiger partial charge in [-0.1, -0.05) is 23.8 Å². The molecule has 1 aromatic carbocycles. The van der Waals surface area contributed by atoms with Gasteiger partial charge in [0.25, 0.3) is 5.56 Å². The van der Waals surface area contributed by atoms with Crippen LogP contribution >= 0.6 is 0 Å². The lowest BCUT2D eigenvalue weighted by atomic mass is 9.99. The molecule has 0 bridgehead atoms. The van der Waals surface area contributed by atoms with Gasteiger partial charge in [0.2, 0.25) is 0 Å². The van der Waals surface area contributed by atoms with Crippen LogP contribution in [0.15, 0.2) is 41.3 Å². The normalized spacial score (nSPS) is 12.4. The zero-order valence-electron chi connectivity index (χ0n) is 11.6. The Morgan fingerprint density at radius 2 is 2.11 bits per heavy atom. The minimum absolute atomic E-state index is 0.0759. The lowest BCUT2D eigenvalue weighted by Gasteiger charge is -2.19. The molecule has 19 heavy (non-hydrogen) atoms. The van der Waals surface area contributed by atoms with Crippen molar-refractivity contribution in [2.24, 2.45) is 0 Å². The Bertz CT molecular complexity index is 619. The first-order valence-electron chi connectivity index (χ1n) is 6.38. The summed E-state index contributed by atoms with van der Waals surface area (Å²) in [6, 6.07) is 9.63. The fraction of sp³-hybridized carbons (Fsp3) is 0.333. The number of nitrogens with zero attached hydrogens (tertiary/aromatic N) is 2. The second-order valence-electron chi connectivity index (χ2n) is 4.75. The number of hydrogen-bond acceptors (Lipinski definition) is 3. The van der Waals surface area contributed by atoms with Gasteiger partial charge in [-0.25, -0.2) is 4.68 Å². The number of rotatable bonds is 4. The topological polar surface area (TPSA) is 46.9 Å². The maximum Gasteiger partial charge on any atom is 0.266 e. The lowest BCUT2D eigenvalue weighted by Crippen LogP contribution is -2.30. The van der Waals surface area contributed by atoms with Gasteiger partial charge in [0.15, 0.2) is 0 Å². The number of nitrogens with one attached hydrogen (secondary N) is 1. The Hall–Kier alpha value is -1.94. The average molecular weight is 257 g/mol. The van der Waals surface area contributed by atoms with Gasteiger partial charge >= 0.3 is 0 Å². The van der Waals surface area contributed by atoms with E-state index in [0.29, 0.717) is 6.54 Å². The van der Waals surface area contributed by atoms with Gasteiger partial charge in [0.05, 0.1) is 12.6 Å². The summed E-state index contributed by atoms with van der Waals surface area (Å²) < 4.78 is 1.49. The molecule has 0 aliphatic heterocycles. The van der Waals surface area contributed by atoms with Gasteiger partial charge < -0.3 is 5.32 Å². The van der Waals surface area contributed by atoms with E-state index < -0.39 is 0 Å². The second-order valence-corrected chi connectivity index (χ2v) is 4.75. The summed E-state index contributed by atoms with van der Waals surface area (Å²) in [5.41, 5.74) is 3.57. The Kier molecular flexibility index (Phi) is 4.12. The fourth-order valence-corrected chi connectivity index (χ4v) is 2.18. The maximum atomic E-state index is 11.7. The first-order valence-corrected chi connectivity index (χ1v) is 6.38. The monoisotopic (exact) mass is 257 g/mol. The summed E-state index contributed by atoms with van der Waals surface area (Å²) in [7, 11) is 1.90. The zero-order valence-corrected chi connectivity index (χ0v) is 11.6. The largest absolute Gasteiger partial charge is 0.311 e. The number of likely N-dealkylation sites (N-methyl/N-ethyl adjacent to an activating group) is 1. The third-order valence-electron chi connectivity index (χ3n) is 3.30. The van der Waals surface area contributed by atoms with E-state index in [1.807, 2.05) is 7.05 Å². The molecule has 0 radical (unpaired) electrons. The van der Waals surface area contributed by atoms with Gasteiger partial charge in [0, 0.05) is 12.3 Å². The summed E-state index contributed by atoms with van der Waals surface area (Å²) in [5, 5.41) is 7.37. The molecule has 0 spiro atoms. The molecule has 1 unspecified atom stereocenters. The van der Waals surface area contributed by atoms with Crippen molar-refractivity contribution >= 4 is 0 Å².